The van der Waals surface area contributed by atoms with Crippen LogP contribution in [0.2, 0.25) is 0 Å². The van der Waals surface area contributed by atoms with Crippen molar-refractivity contribution in [1.82, 2.24) is 0 Å². The Labute approximate surface area is 152 Å². The molecule has 4 nitrogen and oxygen atoms in total. The fourth-order valence-electron chi connectivity index (χ4n) is 2.27. The number of Topliss-reactive ketones (excluding diaryl/α,β-unsaturated/α-hetero) is 2. The first kappa shape index (κ1) is 20.4. The van der Waals surface area contributed by atoms with Crippen LogP contribution in [0, 0.1) is 12.7 Å². The monoisotopic (exact) mass is 384 g/mol. The van der Waals surface area contributed by atoms with Crippen LogP contribution >= 0.6 is 0 Å². The van der Waals surface area contributed by atoms with Gasteiger partial charge in [0.15, 0.2) is 11.6 Å². The highest BCUT2D eigenvalue weighted by Gasteiger charge is 2.21. The van der Waals surface area contributed by atoms with Gasteiger partial charge in [-0.25, -0.2) is 4.39 Å². The second kappa shape index (κ2) is 9.16. The van der Waals surface area contributed by atoms with Crippen molar-refractivity contribution in [3.8, 4) is 11.5 Å². The molecule has 0 saturated heterocycles. The molecule has 0 aliphatic heterocycles. The molecule has 0 bridgehead atoms. The van der Waals surface area contributed by atoms with Crippen molar-refractivity contribution in [3.63, 3.8) is 0 Å². The molecular formula is C19H16F4O4. The third-order valence-corrected chi connectivity index (χ3v) is 3.59. The molecule has 0 spiro atoms. The van der Waals surface area contributed by atoms with Crippen molar-refractivity contribution in [1.29, 1.82) is 0 Å². The number of alkyl halides is 3. The minimum atomic E-state index is -3.01. The maximum absolute atomic E-state index is 13.7. The summed E-state index contributed by atoms with van der Waals surface area (Å²) < 4.78 is 59.7. The number of halogens is 4. The summed E-state index contributed by atoms with van der Waals surface area (Å²) in [6.45, 7) is -2.28. The maximum Gasteiger partial charge on any atom is 0.387 e. The second-order valence-electron chi connectivity index (χ2n) is 5.55. The fraction of sp³-hybridized carbons (Fsp3) is 0.263. The zero-order valence-electron chi connectivity index (χ0n) is 14.3. The summed E-state index contributed by atoms with van der Waals surface area (Å²) in [6, 6.07) is 6.76. The molecule has 0 heterocycles. The Balaban J connectivity index is 2.20. The summed E-state index contributed by atoms with van der Waals surface area (Å²) in [5, 5.41) is 0. The average Bonchev–Trinajstić information content (AvgIpc) is 2.63. The number of benzene rings is 2. The van der Waals surface area contributed by atoms with Crippen molar-refractivity contribution >= 4 is 11.6 Å². The third kappa shape index (κ3) is 5.29. The van der Waals surface area contributed by atoms with Gasteiger partial charge in [0.2, 0.25) is 11.6 Å². The van der Waals surface area contributed by atoms with Crippen molar-refractivity contribution in [2.45, 2.75) is 20.0 Å². The first-order chi connectivity index (χ1) is 12.8. The smallest absolute Gasteiger partial charge is 0.387 e. The first-order valence-corrected chi connectivity index (χ1v) is 7.96. The third-order valence-electron chi connectivity index (χ3n) is 3.59. The van der Waals surface area contributed by atoms with Crippen LogP contribution < -0.4 is 9.47 Å². The molecule has 0 unspecified atom stereocenters. The van der Waals surface area contributed by atoms with Crippen LogP contribution in [-0.2, 0) is 0 Å². The molecule has 0 aromatic heterocycles. The summed E-state index contributed by atoms with van der Waals surface area (Å²) in [7, 11) is 0. The number of ether oxygens (including phenoxy) is 2. The number of hydrogen-bond donors (Lipinski definition) is 0. The molecule has 2 aromatic carbocycles. The standard InChI is InChI=1S/C19H16F4O4/c1-11-9-12(4-6-15(11)27-19(22)23)17(24)18(25)13-3-5-14(21)16(10-13)26-8-2-7-20/h3-6,9-10,19H,2,7-8H2,1H3. The van der Waals surface area contributed by atoms with E-state index in [0.717, 1.165) is 24.3 Å². The van der Waals surface area contributed by atoms with Crippen LogP contribution in [0.5, 0.6) is 11.5 Å². The van der Waals surface area contributed by atoms with Gasteiger partial charge in [0.05, 0.1) is 13.3 Å². The quantitative estimate of drug-likeness (QED) is 0.276. The lowest BCUT2D eigenvalue weighted by molar-refractivity contribution is -0.0502. The Morgan fingerprint density at radius 1 is 1.00 bits per heavy atom. The SMILES string of the molecule is Cc1cc(C(=O)C(=O)c2ccc(F)c(OCCCF)c2)ccc1OC(F)F. The van der Waals surface area contributed by atoms with Gasteiger partial charge in [-0.05, 0) is 48.9 Å². The van der Waals surface area contributed by atoms with Gasteiger partial charge in [0.25, 0.3) is 0 Å². The molecule has 0 N–H and O–H groups in total. The van der Waals surface area contributed by atoms with Crippen LogP contribution in [0.4, 0.5) is 17.6 Å². The molecule has 0 atom stereocenters. The van der Waals surface area contributed by atoms with Gasteiger partial charge in [0, 0.05) is 17.5 Å². The van der Waals surface area contributed by atoms with E-state index in [1.54, 1.807) is 0 Å². The number of aryl methyl sites for hydroxylation is 1. The lowest BCUT2D eigenvalue weighted by Gasteiger charge is -2.10. The Hall–Kier alpha value is -2.90. The van der Waals surface area contributed by atoms with E-state index in [1.807, 2.05) is 0 Å². The zero-order valence-corrected chi connectivity index (χ0v) is 14.3. The van der Waals surface area contributed by atoms with Crippen molar-refractivity contribution in [2.75, 3.05) is 13.3 Å². The molecule has 144 valence electrons. The molecule has 2 rings (SSSR count). The Morgan fingerprint density at radius 3 is 2.22 bits per heavy atom. The van der Waals surface area contributed by atoms with Gasteiger partial charge < -0.3 is 9.47 Å². The van der Waals surface area contributed by atoms with Gasteiger partial charge in [-0.2, -0.15) is 8.78 Å². The van der Waals surface area contributed by atoms with Crippen LogP contribution in [0.3, 0.4) is 0 Å². The lowest BCUT2D eigenvalue weighted by atomic mass is 9.99. The molecule has 0 amide bonds. The highest BCUT2D eigenvalue weighted by atomic mass is 19.3. The van der Waals surface area contributed by atoms with E-state index in [9.17, 15) is 27.2 Å². The highest BCUT2D eigenvalue weighted by molar-refractivity contribution is 6.49. The molecule has 8 heteroatoms. The Bertz CT molecular complexity index is 836. The van der Waals surface area contributed by atoms with Gasteiger partial charge in [-0.15, -0.1) is 0 Å². The maximum atomic E-state index is 13.7. The minimum absolute atomic E-state index is 0.0247. The van der Waals surface area contributed by atoms with Crippen molar-refractivity contribution < 1.29 is 36.6 Å². The zero-order chi connectivity index (χ0) is 20.0. The number of ketones is 2. The minimum Gasteiger partial charge on any atom is -0.490 e. The summed E-state index contributed by atoms with van der Waals surface area (Å²) in [6.07, 6.45) is 0.0584. The number of carbonyl (C=O) groups excluding carboxylic acids is 2. The van der Waals surface area contributed by atoms with Crippen molar-refractivity contribution in [2.24, 2.45) is 0 Å². The van der Waals surface area contributed by atoms with E-state index >= 15 is 0 Å². The first-order valence-electron chi connectivity index (χ1n) is 7.96. The summed E-state index contributed by atoms with van der Waals surface area (Å²) >= 11 is 0. The van der Waals surface area contributed by atoms with E-state index in [0.29, 0.717) is 0 Å². The lowest BCUT2D eigenvalue weighted by Crippen LogP contribution is -2.15. The molecule has 0 aliphatic carbocycles. The van der Waals surface area contributed by atoms with E-state index in [-0.39, 0.29) is 41.2 Å². The van der Waals surface area contributed by atoms with Gasteiger partial charge >= 0.3 is 6.61 Å². The normalized spacial score (nSPS) is 10.7. The summed E-state index contributed by atoms with van der Waals surface area (Å²) in [5.41, 5.74) is 0.119. The molecule has 2 aromatic rings. The van der Waals surface area contributed by atoms with Gasteiger partial charge in [0.1, 0.15) is 5.75 Å². The fourth-order valence-corrected chi connectivity index (χ4v) is 2.27. The van der Waals surface area contributed by atoms with Crippen LogP contribution in [0.1, 0.15) is 32.7 Å². The molecular weight excluding hydrogens is 368 g/mol. The van der Waals surface area contributed by atoms with Crippen LogP contribution in [0.25, 0.3) is 0 Å². The predicted molar refractivity (Wildman–Crippen MR) is 89.0 cm³/mol. The average molecular weight is 384 g/mol. The number of hydrogen-bond acceptors (Lipinski definition) is 4. The number of carbonyl (C=O) groups is 2. The Kier molecular flexibility index (Phi) is 6.92. The van der Waals surface area contributed by atoms with E-state index in [1.165, 1.54) is 19.1 Å². The topological polar surface area (TPSA) is 52.6 Å². The second-order valence-corrected chi connectivity index (χ2v) is 5.55. The summed E-state index contributed by atoms with van der Waals surface area (Å²) in [4.78, 5) is 24.7. The highest BCUT2D eigenvalue weighted by Crippen LogP contribution is 2.24. The van der Waals surface area contributed by atoms with E-state index in [4.69, 9.17) is 4.74 Å². The Morgan fingerprint density at radius 2 is 1.63 bits per heavy atom. The van der Waals surface area contributed by atoms with Crippen LogP contribution in [0.15, 0.2) is 36.4 Å². The van der Waals surface area contributed by atoms with Gasteiger partial charge in [-0.3, -0.25) is 14.0 Å². The molecule has 0 aliphatic rings. The van der Waals surface area contributed by atoms with E-state index in [2.05, 4.69) is 4.74 Å². The van der Waals surface area contributed by atoms with E-state index < -0.39 is 30.7 Å². The number of rotatable bonds is 9. The molecule has 0 fully saturated rings. The molecule has 27 heavy (non-hydrogen) atoms. The van der Waals surface area contributed by atoms with Gasteiger partial charge in [-0.1, -0.05) is 0 Å². The molecule has 0 radical (unpaired) electrons. The predicted octanol–water partition coefficient (Wildman–Crippen LogP) is 4.54. The molecule has 0 saturated carbocycles. The summed E-state index contributed by atoms with van der Waals surface area (Å²) in [5.74, 6) is -2.95. The van der Waals surface area contributed by atoms with Crippen molar-refractivity contribution in [3.05, 3.63) is 58.9 Å². The van der Waals surface area contributed by atoms with Crippen LogP contribution in [-0.4, -0.2) is 31.5 Å². The largest absolute Gasteiger partial charge is 0.490 e.